The number of rotatable bonds is 9. The molecule has 0 spiro atoms. The van der Waals surface area contributed by atoms with E-state index in [1.165, 1.54) is 0 Å². The maximum Gasteiger partial charge on any atom is 0.337 e. The number of ether oxygens (including phenoxy) is 2. The summed E-state index contributed by atoms with van der Waals surface area (Å²) in [5, 5.41) is 9.43. The van der Waals surface area contributed by atoms with Gasteiger partial charge in [0.05, 0.1) is 25.0 Å². The van der Waals surface area contributed by atoms with Gasteiger partial charge in [-0.25, -0.2) is 4.79 Å². The van der Waals surface area contributed by atoms with E-state index in [0.29, 0.717) is 30.2 Å². The van der Waals surface area contributed by atoms with E-state index in [1.54, 1.807) is 32.4 Å². The quantitative estimate of drug-likeness (QED) is 0.759. The van der Waals surface area contributed by atoms with Crippen LogP contribution in [0.25, 0.3) is 0 Å². The Balaban J connectivity index is 3.28. The molecule has 1 aromatic carbocycles. The van der Waals surface area contributed by atoms with Crippen molar-refractivity contribution in [3.05, 3.63) is 23.8 Å². The number of benzene rings is 1. The monoisotopic (exact) mass is 295 g/mol. The van der Waals surface area contributed by atoms with E-state index in [2.05, 4.69) is 18.7 Å². The number of methoxy groups -OCH3 is 2. The van der Waals surface area contributed by atoms with Gasteiger partial charge in [0, 0.05) is 25.8 Å². The molecule has 0 saturated carbocycles. The van der Waals surface area contributed by atoms with E-state index >= 15 is 0 Å². The molecule has 0 fully saturated rings. The van der Waals surface area contributed by atoms with Gasteiger partial charge in [-0.2, -0.15) is 0 Å². The van der Waals surface area contributed by atoms with Gasteiger partial charge < -0.3 is 19.5 Å². The van der Waals surface area contributed by atoms with Crippen molar-refractivity contribution in [2.75, 3.05) is 32.3 Å². The van der Waals surface area contributed by atoms with Crippen LogP contribution in [0, 0.1) is 0 Å². The summed E-state index contributed by atoms with van der Waals surface area (Å²) >= 11 is 0. The number of anilines is 1. The summed E-state index contributed by atoms with van der Waals surface area (Å²) in [7, 11) is 3.23. The minimum absolute atomic E-state index is 0.269. The molecule has 0 heterocycles. The summed E-state index contributed by atoms with van der Waals surface area (Å²) in [6.07, 6.45) is 1.88. The van der Waals surface area contributed by atoms with E-state index < -0.39 is 5.97 Å². The van der Waals surface area contributed by atoms with E-state index in [9.17, 15) is 9.90 Å². The summed E-state index contributed by atoms with van der Waals surface area (Å²) in [6.45, 7) is 5.41. The molecular weight excluding hydrogens is 270 g/mol. The Morgan fingerprint density at radius 1 is 1.29 bits per heavy atom. The van der Waals surface area contributed by atoms with Crippen LogP contribution < -0.4 is 9.64 Å². The third-order valence-corrected chi connectivity index (χ3v) is 3.66. The lowest BCUT2D eigenvalue weighted by Crippen LogP contribution is -2.38. The smallest absolute Gasteiger partial charge is 0.337 e. The molecule has 1 aromatic rings. The highest BCUT2D eigenvalue weighted by Gasteiger charge is 2.22. The zero-order valence-corrected chi connectivity index (χ0v) is 13.3. The van der Waals surface area contributed by atoms with Crippen molar-refractivity contribution in [3.63, 3.8) is 0 Å². The summed E-state index contributed by atoms with van der Waals surface area (Å²) in [5.74, 6) is -0.274. The minimum atomic E-state index is -0.930. The molecule has 0 atom stereocenters. The Hall–Kier alpha value is -1.75. The number of hydrogen-bond donors (Lipinski definition) is 1. The number of carboxylic acid groups (broad SMARTS) is 1. The topological polar surface area (TPSA) is 59.0 Å². The Morgan fingerprint density at radius 3 is 2.43 bits per heavy atom. The summed E-state index contributed by atoms with van der Waals surface area (Å²) in [4.78, 5) is 13.6. The van der Waals surface area contributed by atoms with Crippen molar-refractivity contribution in [3.8, 4) is 5.75 Å². The lowest BCUT2D eigenvalue weighted by atomic mass is 10.1. The highest BCUT2D eigenvalue weighted by atomic mass is 16.5. The number of nitrogens with zero attached hydrogens (tertiary/aromatic N) is 1. The first kappa shape index (κ1) is 17.3. The van der Waals surface area contributed by atoms with Crippen LogP contribution in [0.3, 0.4) is 0 Å². The van der Waals surface area contributed by atoms with Gasteiger partial charge in [-0.15, -0.1) is 0 Å². The third-order valence-electron chi connectivity index (χ3n) is 3.66. The number of carboxylic acids is 1. The van der Waals surface area contributed by atoms with Crippen LogP contribution in [0.5, 0.6) is 5.75 Å². The average molecular weight is 295 g/mol. The predicted octanol–water partition coefficient (Wildman–Crippen LogP) is 3.03. The van der Waals surface area contributed by atoms with Gasteiger partial charge in [0.2, 0.25) is 0 Å². The second-order valence-corrected chi connectivity index (χ2v) is 4.84. The Bertz CT molecular complexity index is 458. The molecule has 21 heavy (non-hydrogen) atoms. The van der Waals surface area contributed by atoms with Crippen LogP contribution in [0.15, 0.2) is 18.2 Å². The maximum absolute atomic E-state index is 11.5. The van der Waals surface area contributed by atoms with Crippen molar-refractivity contribution in [1.82, 2.24) is 0 Å². The van der Waals surface area contributed by atoms with Gasteiger partial charge >= 0.3 is 5.97 Å². The van der Waals surface area contributed by atoms with Gasteiger partial charge in [0.15, 0.2) is 0 Å². The molecular formula is C16H25NO4. The van der Waals surface area contributed by atoms with Gasteiger partial charge in [0.1, 0.15) is 5.75 Å². The molecule has 0 aliphatic rings. The van der Waals surface area contributed by atoms with Crippen molar-refractivity contribution < 1.29 is 19.4 Å². The molecule has 0 aliphatic heterocycles. The van der Waals surface area contributed by atoms with E-state index in [4.69, 9.17) is 9.47 Å². The lowest BCUT2D eigenvalue weighted by molar-refractivity contribution is 0.0697. The highest BCUT2D eigenvalue weighted by Crippen LogP contribution is 2.29. The second kappa shape index (κ2) is 8.52. The molecule has 5 heteroatoms. The fourth-order valence-corrected chi connectivity index (χ4v) is 2.48. The van der Waals surface area contributed by atoms with Gasteiger partial charge in [-0.05, 0) is 25.0 Å². The van der Waals surface area contributed by atoms with E-state index in [-0.39, 0.29) is 6.04 Å². The first-order valence-electron chi connectivity index (χ1n) is 7.25. The molecule has 0 aliphatic carbocycles. The number of carbonyl (C=O) groups is 1. The van der Waals surface area contributed by atoms with Crippen molar-refractivity contribution in [1.29, 1.82) is 0 Å². The van der Waals surface area contributed by atoms with Crippen molar-refractivity contribution >= 4 is 11.7 Å². The molecule has 1 rings (SSSR count). The van der Waals surface area contributed by atoms with Crippen LogP contribution in [0.1, 0.15) is 37.0 Å². The first-order valence-corrected chi connectivity index (χ1v) is 7.25. The molecule has 0 amide bonds. The van der Waals surface area contributed by atoms with Crippen molar-refractivity contribution in [2.45, 2.75) is 32.7 Å². The Labute approximate surface area is 126 Å². The standard InChI is InChI=1S/C16H25NO4/c1-5-12(6-2)17(9-10-20-3)15-11-13(21-4)7-8-14(15)16(18)19/h7-8,11-12H,5-6,9-10H2,1-4H3,(H,18,19). The van der Waals surface area contributed by atoms with E-state index in [0.717, 1.165) is 12.8 Å². The fourth-order valence-electron chi connectivity index (χ4n) is 2.48. The zero-order chi connectivity index (χ0) is 15.8. The Kier molecular flexibility index (Phi) is 7.02. The molecule has 0 aromatic heterocycles. The van der Waals surface area contributed by atoms with Crippen LogP contribution >= 0.6 is 0 Å². The van der Waals surface area contributed by atoms with E-state index in [1.807, 2.05) is 0 Å². The fraction of sp³-hybridized carbons (Fsp3) is 0.562. The third kappa shape index (κ3) is 4.36. The SMILES string of the molecule is CCC(CC)N(CCOC)c1cc(OC)ccc1C(=O)O. The summed E-state index contributed by atoms with van der Waals surface area (Å²) in [5.41, 5.74) is 0.978. The molecule has 118 valence electrons. The zero-order valence-electron chi connectivity index (χ0n) is 13.3. The molecule has 0 bridgehead atoms. The molecule has 0 saturated heterocycles. The summed E-state index contributed by atoms with van der Waals surface area (Å²) < 4.78 is 10.4. The highest BCUT2D eigenvalue weighted by molar-refractivity contribution is 5.95. The summed E-state index contributed by atoms with van der Waals surface area (Å²) in [6, 6.07) is 5.33. The minimum Gasteiger partial charge on any atom is -0.497 e. The van der Waals surface area contributed by atoms with Crippen LogP contribution in [0.4, 0.5) is 5.69 Å². The predicted molar refractivity (Wildman–Crippen MR) is 83.5 cm³/mol. The Morgan fingerprint density at radius 2 is 1.95 bits per heavy atom. The molecule has 0 unspecified atom stereocenters. The van der Waals surface area contributed by atoms with Crippen LogP contribution in [0.2, 0.25) is 0 Å². The first-order chi connectivity index (χ1) is 10.1. The molecule has 0 radical (unpaired) electrons. The number of hydrogen-bond acceptors (Lipinski definition) is 4. The van der Waals surface area contributed by atoms with Gasteiger partial charge in [-0.1, -0.05) is 13.8 Å². The van der Waals surface area contributed by atoms with Gasteiger partial charge in [0.25, 0.3) is 0 Å². The average Bonchev–Trinajstić information content (AvgIpc) is 2.50. The maximum atomic E-state index is 11.5. The van der Waals surface area contributed by atoms with Gasteiger partial charge in [-0.3, -0.25) is 0 Å². The van der Waals surface area contributed by atoms with Crippen LogP contribution in [-0.4, -0.2) is 44.5 Å². The van der Waals surface area contributed by atoms with Crippen molar-refractivity contribution in [2.24, 2.45) is 0 Å². The molecule has 5 nitrogen and oxygen atoms in total. The largest absolute Gasteiger partial charge is 0.497 e. The van der Waals surface area contributed by atoms with Crippen LogP contribution in [-0.2, 0) is 4.74 Å². The molecule has 1 N–H and O–H groups in total. The number of aromatic carboxylic acids is 1. The second-order valence-electron chi connectivity index (χ2n) is 4.84. The lowest BCUT2D eigenvalue weighted by Gasteiger charge is -2.33. The normalized spacial score (nSPS) is 10.7.